The van der Waals surface area contributed by atoms with Crippen LogP contribution in [0.3, 0.4) is 0 Å². The van der Waals surface area contributed by atoms with Crippen LogP contribution in [0.4, 0.5) is 0 Å². The van der Waals surface area contributed by atoms with Crippen LogP contribution in [-0.4, -0.2) is 21.2 Å². The predicted octanol–water partition coefficient (Wildman–Crippen LogP) is 4.26. The molecule has 3 nitrogen and oxygen atoms in total. The maximum atomic E-state index is 4.87. The highest BCUT2D eigenvalue weighted by molar-refractivity contribution is 7.99. The van der Waals surface area contributed by atoms with Crippen molar-refractivity contribution >= 4 is 17.4 Å². The van der Waals surface area contributed by atoms with Crippen molar-refractivity contribution < 1.29 is 0 Å². The minimum absolute atomic E-state index is 0.758. The van der Waals surface area contributed by atoms with Crippen LogP contribution in [-0.2, 0) is 6.54 Å². The zero-order chi connectivity index (χ0) is 14.5. The molecule has 1 saturated carbocycles. The molecule has 0 aliphatic heterocycles. The van der Waals surface area contributed by atoms with E-state index < -0.39 is 0 Å². The van der Waals surface area contributed by atoms with E-state index in [1.807, 2.05) is 11.8 Å². The van der Waals surface area contributed by atoms with E-state index in [0.717, 1.165) is 24.0 Å². The number of aromatic nitrogens is 2. The second-order valence-corrected chi connectivity index (χ2v) is 7.14. The molecule has 0 radical (unpaired) electrons. The van der Waals surface area contributed by atoms with E-state index in [1.165, 1.54) is 49.2 Å². The maximum absolute atomic E-state index is 4.87. The minimum Gasteiger partial charge on any atom is -0.311 e. The Morgan fingerprint density at radius 1 is 1.29 bits per heavy atom. The van der Waals surface area contributed by atoms with Crippen molar-refractivity contribution in [3.8, 4) is 0 Å². The molecule has 0 spiro atoms. The molecule has 1 N–H and O–H groups in total. The summed E-state index contributed by atoms with van der Waals surface area (Å²) in [5.41, 5.74) is 2.40. The average Bonchev–Trinajstić information content (AvgIpc) is 2.86. The third-order valence-electron chi connectivity index (χ3n) is 4.14. The van der Waals surface area contributed by atoms with Gasteiger partial charge in [-0.1, -0.05) is 32.3 Å². The number of thioether (sulfide) groups is 1. The Morgan fingerprint density at radius 3 is 2.95 bits per heavy atom. The van der Waals surface area contributed by atoms with Gasteiger partial charge in [-0.15, -0.1) is 11.8 Å². The van der Waals surface area contributed by atoms with Crippen LogP contribution in [0.2, 0.25) is 0 Å². The normalized spacial score (nSPS) is 16.6. The van der Waals surface area contributed by atoms with Crippen molar-refractivity contribution in [3.63, 3.8) is 0 Å². The second kappa shape index (κ2) is 7.32. The van der Waals surface area contributed by atoms with E-state index in [4.69, 9.17) is 4.98 Å². The van der Waals surface area contributed by atoms with Crippen molar-refractivity contribution in [1.82, 2.24) is 14.7 Å². The molecule has 0 bridgehead atoms. The largest absolute Gasteiger partial charge is 0.311 e. The highest BCUT2D eigenvalue weighted by atomic mass is 32.2. The van der Waals surface area contributed by atoms with Gasteiger partial charge in [0.2, 0.25) is 0 Å². The van der Waals surface area contributed by atoms with E-state index >= 15 is 0 Å². The fourth-order valence-electron chi connectivity index (χ4n) is 3.00. The molecule has 21 heavy (non-hydrogen) atoms. The van der Waals surface area contributed by atoms with Crippen molar-refractivity contribution in [2.75, 3.05) is 6.54 Å². The van der Waals surface area contributed by atoms with Crippen LogP contribution in [0.1, 0.15) is 51.1 Å². The Bertz CT molecular complexity index is 572. The van der Waals surface area contributed by atoms with E-state index in [2.05, 4.69) is 41.0 Å². The van der Waals surface area contributed by atoms with Crippen LogP contribution in [0, 0.1) is 0 Å². The molecule has 0 aromatic carbocycles. The van der Waals surface area contributed by atoms with Gasteiger partial charge in [0.05, 0.1) is 5.69 Å². The van der Waals surface area contributed by atoms with Crippen LogP contribution in [0.5, 0.6) is 0 Å². The second-order valence-electron chi connectivity index (χ2n) is 5.85. The lowest BCUT2D eigenvalue weighted by molar-refractivity contribution is 0.515. The summed E-state index contributed by atoms with van der Waals surface area (Å²) < 4.78 is 2.24. The van der Waals surface area contributed by atoms with Gasteiger partial charge in [-0.05, 0) is 37.9 Å². The molecule has 114 valence electrons. The zero-order valence-corrected chi connectivity index (χ0v) is 13.7. The quantitative estimate of drug-likeness (QED) is 0.809. The first-order valence-electron chi connectivity index (χ1n) is 8.22. The molecule has 0 unspecified atom stereocenters. The molecule has 1 fully saturated rings. The summed E-state index contributed by atoms with van der Waals surface area (Å²) >= 11 is 2.00. The van der Waals surface area contributed by atoms with Crippen molar-refractivity contribution in [1.29, 1.82) is 0 Å². The number of imidazole rings is 1. The van der Waals surface area contributed by atoms with E-state index in [1.54, 1.807) is 0 Å². The molecule has 1 aliphatic carbocycles. The van der Waals surface area contributed by atoms with Crippen molar-refractivity contribution in [3.05, 3.63) is 30.1 Å². The van der Waals surface area contributed by atoms with Gasteiger partial charge in [0.1, 0.15) is 10.7 Å². The maximum Gasteiger partial charge on any atom is 0.138 e. The molecule has 2 heterocycles. The fourth-order valence-corrected chi connectivity index (χ4v) is 4.34. The molecular weight excluding hydrogens is 278 g/mol. The Labute approximate surface area is 131 Å². The number of pyridine rings is 1. The summed E-state index contributed by atoms with van der Waals surface area (Å²) in [5.74, 6) is 0. The van der Waals surface area contributed by atoms with Gasteiger partial charge in [-0.3, -0.25) is 0 Å². The predicted molar refractivity (Wildman–Crippen MR) is 89.9 cm³/mol. The molecule has 2 aromatic rings. The third-order valence-corrected chi connectivity index (χ3v) is 5.50. The average molecular weight is 303 g/mol. The summed E-state index contributed by atoms with van der Waals surface area (Å²) in [4.78, 5) is 4.87. The molecule has 2 aromatic heterocycles. The fraction of sp³-hybridized carbons (Fsp3) is 0.588. The third kappa shape index (κ3) is 3.61. The Morgan fingerprint density at radius 2 is 2.14 bits per heavy atom. The zero-order valence-electron chi connectivity index (χ0n) is 12.8. The van der Waals surface area contributed by atoms with Gasteiger partial charge >= 0.3 is 0 Å². The lowest BCUT2D eigenvalue weighted by atomic mass is 10.0. The molecular formula is C17H25N3S. The SMILES string of the molecule is CCCNCc1c(SC2CCCCC2)nc2ccccn12. The number of nitrogens with one attached hydrogen (secondary N) is 1. The lowest BCUT2D eigenvalue weighted by Gasteiger charge is -2.20. The van der Waals surface area contributed by atoms with Crippen LogP contribution in [0.15, 0.2) is 29.4 Å². The molecule has 4 heteroatoms. The minimum atomic E-state index is 0.758. The molecule has 0 amide bonds. The van der Waals surface area contributed by atoms with Gasteiger partial charge in [-0.25, -0.2) is 4.98 Å². The Balaban J connectivity index is 1.82. The van der Waals surface area contributed by atoms with Gasteiger partial charge < -0.3 is 9.72 Å². The molecule has 0 saturated heterocycles. The van der Waals surface area contributed by atoms with Crippen LogP contribution >= 0.6 is 11.8 Å². The van der Waals surface area contributed by atoms with Gasteiger partial charge in [0.25, 0.3) is 0 Å². The highest BCUT2D eigenvalue weighted by Gasteiger charge is 2.19. The summed E-state index contributed by atoms with van der Waals surface area (Å²) in [7, 11) is 0. The van der Waals surface area contributed by atoms with E-state index in [9.17, 15) is 0 Å². The van der Waals surface area contributed by atoms with E-state index in [0.29, 0.717) is 0 Å². The molecule has 0 atom stereocenters. The van der Waals surface area contributed by atoms with Gasteiger partial charge in [0, 0.05) is 18.0 Å². The Hall–Kier alpha value is -1.00. The standard InChI is InChI=1S/C17H25N3S/c1-2-11-18-13-15-17(21-14-8-4-3-5-9-14)19-16-10-6-7-12-20(15)16/h6-7,10,12,14,18H,2-5,8-9,11,13H2,1H3. The van der Waals surface area contributed by atoms with Crippen molar-refractivity contribution in [2.45, 2.75) is 62.3 Å². The summed E-state index contributed by atoms with van der Waals surface area (Å²) in [6, 6.07) is 6.27. The van der Waals surface area contributed by atoms with Gasteiger partial charge in [-0.2, -0.15) is 0 Å². The number of hydrogen-bond acceptors (Lipinski definition) is 3. The van der Waals surface area contributed by atoms with Crippen molar-refractivity contribution in [2.24, 2.45) is 0 Å². The first kappa shape index (κ1) is 14.9. The van der Waals surface area contributed by atoms with Gasteiger partial charge in [0.15, 0.2) is 0 Å². The van der Waals surface area contributed by atoms with Crippen LogP contribution in [0.25, 0.3) is 5.65 Å². The summed E-state index contributed by atoms with van der Waals surface area (Å²) in [6.07, 6.45) is 10.2. The smallest absolute Gasteiger partial charge is 0.138 e. The highest BCUT2D eigenvalue weighted by Crippen LogP contribution is 2.35. The topological polar surface area (TPSA) is 29.3 Å². The van der Waals surface area contributed by atoms with Crippen LogP contribution < -0.4 is 5.32 Å². The number of rotatable bonds is 6. The van der Waals surface area contributed by atoms with E-state index in [-0.39, 0.29) is 0 Å². The summed E-state index contributed by atoms with van der Waals surface area (Å²) in [6.45, 7) is 4.18. The number of fused-ring (bicyclic) bond motifs is 1. The molecule has 1 aliphatic rings. The number of hydrogen-bond donors (Lipinski definition) is 1. The lowest BCUT2D eigenvalue weighted by Crippen LogP contribution is -2.16. The number of nitrogens with zero attached hydrogens (tertiary/aromatic N) is 2. The molecule has 3 rings (SSSR count). The first-order chi connectivity index (χ1) is 10.4. The Kier molecular flexibility index (Phi) is 5.20. The monoisotopic (exact) mass is 303 g/mol. The summed E-state index contributed by atoms with van der Waals surface area (Å²) in [5, 5.41) is 5.52. The first-order valence-corrected chi connectivity index (χ1v) is 9.10.